The Bertz CT molecular complexity index is 380. The Labute approximate surface area is 135 Å². The number of hydrogen-bond donors (Lipinski definition) is 0. The van der Waals surface area contributed by atoms with Crippen LogP contribution in [0, 0.1) is 12.2 Å². The monoisotopic (exact) mass is 306 g/mol. The standard InChI is InChI=1S/C6H5ClO.2C5H5.Ti/c7-8-6-4-2-1-3-5-6;2*1-2-4-5-3-1;/h1-5H;2*1-3H,4H2;/q;2*-1;+2. The molecule has 0 spiro atoms. The molecule has 0 fully saturated rings. The molecule has 0 unspecified atom stereocenters. The minimum absolute atomic E-state index is 0. The van der Waals surface area contributed by atoms with Gasteiger partial charge in [-0.2, -0.15) is 12.2 Å². The van der Waals surface area contributed by atoms with Gasteiger partial charge in [-0.25, -0.2) is 24.3 Å². The van der Waals surface area contributed by atoms with E-state index in [2.05, 4.69) is 28.6 Å². The average molecular weight is 307 g/mol. The van der Waals surface area contributed by atoms with E-state index in [-0.39, 0.29) is 21.7 Å². The van der Waals surface area contributed by atoms with Crippen LogP contribution in [0.1, 0.15) is 12.8 Å². The Hall–Kier alpha value is -1.02. The summed E-state index contributed by atoms with van der Waals surface area (Å²) in [6, 6.07) is 9.19. The molecule has 0 aliphatic heterocycles. The molecule has 0 amide bonds. The smallest absolute Gasteiger partial charge is 0.386 e. The average Bonchev–Trinajstić information content (AvgIpc) is 3.17. The minimum Gasteiger partial charge on any atom is -0.386 e. The van der Waals surface area contributed by atoms with Crippen LogP contribution in [0.2, 0.25) is 0 Å². The van der Waals surface area contributed by atoms with Crippen molar-refractivity contribution < 1.29 is 26.0 Å². The summed E-state index contributed by atoms with van der Waals surface area (Å²) < 4.78 is 4.39. The van der Waals surface area contributed by atoms with Crippen LogP contribution in [0.15, 0.2) is 66.8 Å². The molecule has 1 nitrogen and oxygen atoms in total. The molecular weight excluding hydrogens is 291 g/mol. The van der Waals surface area contributed by atoms with E-state index in [4.69, 9.17) is 11.9 Å². The molecule has 0 bridgehead atoms. The van der Waals surface area contributed by atoms with E-state index in [0.29, 0.717) is 5.75 Å². The Balaban J connectivity index is 0.000000259. The third-order valence-electron chi connectivity index (χ3n) is 2.00. The van der Waals surface area contributed by atoms with Crippen molar-refractivity contribution in [3.63, 3.8) is 0 Å². The predicted octanol–water partition coefficient (Wildman–Crippen LogP) is 4.83. The van der Waals surface area contributed by atoms with Crippen LogP contribution in [0.5, 0.6) is 5.75 Å². The largest absolute Gasteiger partial charge is 2.00 e. The second-order valence-electron chi connectivity index (χ2n) is 3.40. The number of allylic oxidation sites excluding steroid dienone is 8. The first kappa shape index (κ1) is 18.0. The quantitative estimate of drug-likeness (QED) is 0.533. The number of rotatable bonds is 1. The van der Waals surface area contributed by atoms with E-state index in [9.17, 15) is 0 Å². The topological polar surface area (TPSA) is 9.23 Å². The van der Waals surface area contributed by atoms with Crippen molar-refractivity contribution in [1.29, 1.82) is 0 Å². The summed E-state index contributed by atoms with van der Waals surface area (Å²) in [4.78, 5) is 0. The first-order valence-electron chi connectivity index (χ1n) is 5.70. The number of benzene rings is 1. The van der Waals surface area contributed by atoms with Crippen molar-refractivity contribution in [1.82, 2.24) is 0 Å². The van der Waals surface area contributed by atoms with Crippen LogP contribution >= 0.6 is 11.9 Å². The molecule has 2 aliphatic carbocycles. The Morgan fingerprint density at radius 2 is 1.42 bits per heavy atom. The Kier molecular flexibility index (Phi) is 12.7. The second kappa shape index (κ2) is 13.4. The zero-order valence-corrected chi connectivity index (χ0v) is 12.9. The van der Waals surface area contributed by atoms with Gasteiger partial charge >= 0.3 is 21.7 Å². The number of hydrogen-bond acceptors (Lipinski definition) is 1. The van der Waals surface area contributed by atoms with E-state index >= 15 is 0 Å². The van der Waals surface area contributed by atoms with Gasteiger partial charge in [-0.05, 0) is 12.1 Å². The first-order chi connectivity index (χ1) is 8.93. The zero-order valence-electron chi connectivity index (χ0n) is 10.6. The molecule has 0 radical (unpaired) electrons. The van der Waals surface area contributed by atoms with Gasteiger partial charge in [0, 0.05) is 0 Å². The van der Waals surface area contributed by atoms with E-state index in [1.54, 1.807) is 12.1 Å². The third kappa shape index (κ3) is 10.6. The fraction of sp³-hybridized carbons (Fsp3) is 0.125. The van der Waals surface area contributed by atoms with Crippen molar-refractivity contribution in [3.8, 4) is 5.75 Å². The van der Waals surface area contributed by atoms with Gasteiger partial charge in [-0.3, -0.25) is 12.2 Å². The normalized spacial score (nSPS) is 12.9. The van der Waals surface area contributed by atoms with Crippen molar-refractivity contribution in [2.45, 2.75) is 12.8 Å². The minimum atomic E-state index is 0. The van der Waals surface area contributed by atoms with E-state index < -0.39 is 0 Å². The summed E-state index contributed by atoms with van der Waals surface area (Å²) in [6.45, 7) is 0. The van der Waals surface area contributed by atoms with Crippen LogP contribution in [-0.2, 0) is 21.7 Å². The summed E-state index contributed by atoms with van der Waals surface area (Å²) in [5.74, 6) is 0.675. The third-order valence-corrected chi connectivity index (χ3v) is 2.18. The zero-order chi connectivity index (χ0) is 12.9. The molecule has 0 atom stereocenters. The fourth-order valence-corrected chi connectivity index (χ4v) is 1.26. The maximum atomic E-state index is 5.03. The Morgan fingerprint density at radius 1 is 0.895 bits per heavy atom. The molecule has 0 saturated heterocycles. The molecule has 1 aromatic rings. The van der Waals surface area contributed by atoms with Gasteiger partial charge in [0.25, 0.3) is 0 Å². The van der Waals surface area contributed by atoms with E-state index in [0.717, 1.165) is 12.8 Å². The van der Waals surface area contributed by atoms with Gasteiger partial charge in [-0.1, -0.05) is 18.2 Å². The van der Waals surface area contributed by atoms with Gasteiger partial charge in [0.05, 0.1) is 0 Å². The fourth-order valence-electron chi connectivity index (χ4n) is 1.15. The van der Waals surface area contributed by atoms with Crippen LogP contribution in [0.4, 0.5) is 0 Å². The van der Waals surface area contributed by atoms with Crippen molar-refractivity contribution >= 4 is 11.9 Å². The van der Waals surface area contributed by atoms with Gasteiger partial charge in [-0.15, -0.1) is 12.8 Å². The summed E-state index contributed by atoms with van der Waals surface area (Å²) in [5, 5.41) is 0. The molecule has 1 aromatic carbocycles. The van der Waals surface area contributed by atoms with Crippen molar-refractivity contribution in [2.75, 3.05) is 0 Å². The summed E-state index contributed by atoms with van der Waals surface area (Å²) in [5.41, 5.74) is 0. The molecule has 96 valence electrons. The molecule has 3 rings (SSSR count). The molecule has 19 heavy (non-hydrogen) atoms. The van der Waals surface area contributed by atoms with Gasteiger partial charge < -0.3 is 4.29 Å². The number of halogens is 1. The van der Waals surface area contributed by atoms with Crippen LogP contribution in [0.3, 0.4) is 0 Å². The van der Waals surface area contributed by atoms with E-state index in [1.165, 1.54) is 0 Å². The van der Waals surface area contributed by atoms with Gasteiger partial charge in [0.2, 0.25) is 0 Å². The van der Waals surface area contributed by atoms with Gasteiger partial charge in [0.15, 0.2) is 0 Å². The maximum absolute atomic E-state index is 5.03. The van der Waals surface area contributed by atoms with Gasteiger partial charge in [0.1, 0.15) is 17.6 Å². The molecule has 0 aromatic heterocycles. The molecule has 0 saturated carbocycles. The molecular formula is C16H15ClOTi. The summed E-state index contributed by atoms with van der Waals surface area (Å²) in [7, 11) is 0. The van der Waals surface area contributed by atoms with Crippen LogP contribution in [0.25, 0.3) is 0 Å². The van der Waals surface area contributed by atoms with E-state index in [1.807, 2.05) is 42.5 Å². The van der Waals surface area contributed by atoms with Crippen LogP contribution < -0.4 is 4.29 Å². The van der Waals surface area contributed by atoms with Crippen LogP contribution in [-0.4, -0.2) is 0 Å². The molecule has 0 heterocycles. The molecule has 2 aliphatic rings. The SMILES string of the molecule is ClOc1ccccc1.[C-]1=CC=CC1.[C-]1=CC=CC1.[Ti+2]. The molecule has 3 heteroatoms. The first-order valence-corrected chi connectivity index (χ1v) is 6.01. The number of para-hydroxylation sites is 1. The maximum Gasteiger partial charge on any atom is 2.00 e. The summed E-state index contributed by atoms with van der Waals surface area (Å²) >= 11 is 5.03. The predicted molar refractivity (Wildman–Crippen MR) is 76.1 cm³/mol. The Morgan fingerprint density at radius 3 is 1.63 bits per heavy atom. The van der Waals surface area contributed by atoms with Crippen molar-refractivity contribution in [3.05, 3.63) is 78.9 Å². The second-order valence-corrected chi connectivity index (χ2v) is 3.55. The van der Waals surface area contributed by atoms with Crippen molar-refractivity contribution in [2.24, 2.45) is 0 Å². The summed E-state index contributed by atoms with van der Waals surface area (Å²) in [6.07, 6.45) is 20.0. The molecule has 0 N–H and O–H groups in total.